The van der Waals surface area contributed by atoms with Crippen LogP contribution in [-0.4, -0.2) is 21.4 Å². The van der Waals surface area contributed by atoms with Crippen LogP contribution in [0.15, 0.2) is 27.5 Å². The Labute approximate surface area is 81.3 Å². The van der Waals surface area contributed by atoms with E-state index in [1.54, 1.807) is 23.8 Å². The predicted octanol–water partition coefficient (Wildman–Crippen LogP) is 1.22. The second-order valence-electron chi connectivity index (χ2n) is 2.03. The molecule has 1 aliphatic heterocycles. The molecule has 0 N–H and O–H groups in total. The van der Waals surface area contributed by atoms with E-state index in [0.29, 0.717) is 0 Å². The normalized spacial score (nSPS) is 14.2. The molecule has 0 bridgehead atoms. The van der Waals surface area contributed by atoms with Crippen LogP contribution in [0.3, 0.4) is 0 Å². The third-order valence-electron chi connectivity index (χ3n) is 1.21. The fourth-order valence-corrected chi connectivity index (χ4v) is 3.00. The third-order valence-corrected chi connectivity index (χ3v) is 4.05. The van der Waals surface area contributed by atoms with Crippen LogP contribution in [0.25, 0.3) is 0 Å². The van der Waals surface area contributed by atoms with Crippen LogP contribution >= 0.6 is 11.3 Å². The molecule has 0 aromatic carbocycles. The van der Waals surface area contributed by atoms with E-state index in [1.807, 2.05) is 0 Å². The second-order valence-corrected chi connectivity index (χ2v) is 4.79. The van der Waals surface area contributed by atoms with Gasteiger partial charge in [0.25, 0.3) is 0 Å². The summed E-state index contributed by atoms with van der Waals surface area (Å²) in [5.74, 6) is 0. The van der Waals surface area contributed by atoms with Gasteiger partial charge in [-0.3, -0.25) is 0 Å². The summed E-state index contributed by atoms with van der Waals surface area (Å²) in [6.45, 7) is 0. The van der Waals surface area contributed by atoms with Crippen molar-refractivity contribution in [1.29, 1.82) is 0 Å². The molecular formula is C8H6N2RuS. The number of hydrogen-bond donors (Lipinski definition) is 0. The summed E-state index contributed by atoms with van der Waals surface area (Å²) in [5, 5.41) is 2.08. The van der Waals surface area contributed by atoms with Crippen molar-refractivity contribution in [3.05, 3.63) is 22.4 Å². The Morgan fingerprint density at radius 3 is 2.83 bits per heavy atom. The van der Waals surface area contributed by atoms with Crippen molar-refractivity contribution in [3.8, 4) is 0 Å². The van der Waals surface area contributed by atoms with Crippen molar-refractivity contribution < 1.29 is 16.2 Å². The SMILES string of the molecule is C1=N[C](=[Ru]=[CH]c2cccs2)N=C1. The summed E-state index contributed by atoms with van der Waals surface area (Å²) < 4.78 is 3.21. The molecule has 0 spiro atoms. The molecule has 0 radical (unpaired) electrons. The monoisotopic (exact) mass is 264 g/mol. The quantitative estimate of drug-likeness (QED) is 0.681. The zero-order chi connectivity index (χ0) is 8.23. The molecule has 4 heteroatoms. The average Bonchev–Trinajstić information content (AvgIpc) is 2.74. The van der Waals surface area contributed by atoms with Crippen LogP contribution in [0, 0.1) is 0 Å². The van der Waals surface area contributed by atoms with Gasteiger partial charge in [-0.2, -0.15) is 0 Å². The van der Waals surface area contributed by atoms with E-state index < -0.39 is 0 Å². The van der Waals surface area contributed by atoms with Gasteiger partial charge in [0, 0.05) is 0 Å². The van der Waals surface area contributed by atoms with E-state index in [-0.39, 0.29) is 16.2 Å². The summed E-state index contributed by atoms with van der Waals surface area (Å²) in [6.07, 6.45) is 3.48. The molecule has 0 unspecified atom stereocenters. The molecule has 0 atom stereocenters. The Morgan fingerprint density at radius 2 is 2.17 bits per heavy atom. The van der Waals surface area contributed by atoms with Crippen LogP contribution in [-0.2, 0) is 16.2 Å². The van der Waals surface area contributed by atoms with Gasteiger partial charge in [-0.25, -0.2) is 0 Å². The van der Waals surface area contributed by atoms with Crippen molar-refractivity contribution in [1.82, 2.24) is 0 Å². The standard InChI is InChI=1S/C5H4S.C3H2N2.Ru/c1-5-3-2-4-6-5;1-2-5-3-4-1;/h1-4H;1-2H;. The maximum atomic E-state index is 4.12. The number of hydrogen-bond acceptors (Lipinski definition) is 3. The van der Waals surface area contributed by atoms with Gasteiger partial charge in [0.1, 0.15) is 0 Å². The molecule has 0 fully saturated rings. The second kappa shape index (κ2) is 3.88. The first-order valence-corrected chi connectivity index (χ1v) is 6.11. The summed E-state index contributed by atoms with van der Waals surface area (Å²) in [7, 11) is 0. The van der Waals surface area contributed by atoms with E-state index in [1.165, 1.54) is 4.88 Å². The zero-order valence-electron chi connectivity index (χ0n) is 6.12. The van der Waals surface area contributed by atoms with Crippen LogP contribution in [0.4, 0.5) is 0 Å². The average molecular weight is 263 g/mol. The number of thiophene rings is 1. The Morgan fingerprint density at radius 1 is 1.33 bits per heavy atom. The molecule has 0 saturated heterocycles. The number of aliphatic imine (C=N–C) groups is 2. The fourth-order valence-electron chi connectivity index (χ4n) is 0.717. The van der Waals surface area contributed by atoms with Crippen LogP contribution in [0.5, 0.6) is 0 Å². The molecule has 0 aliphatic carbocycles. The van der Waals surface area contributed by atoms with Gasteiger partial charge >= 0.3 is 81.3 Å². The van der Waals surface area contributed by atoms with E-state index >= 15 is 0 Å². The van der Waals surface area contributed by atoms with Gasteiger partial charge in [0.05, 0.1) is 0 Å². The number of rotatable bonds is 1. The van der Waals surface area contributed by atoms with Crippen molar-refractivity contribution in [2.24, 2.45) is 9.98 Å². The zero-order valence-corrected chi connectivity index (χ0v) is 8.67. The molecule has 1 aromatic rings. The van der Waals surface area contributed by atoms with Crippen molar-refractivity contribution in [2.45, 2.75) is 0 Å². The molecule has 0 amide bonds. The molecule has 2 nitrogen and oxygen atoms in total. The first-order chi connectivity index (χ1) is 5.95. The van der Waals surface area contributed by atoms with Gasteiger partial charge in [-0.05, 0) is 0 Å². The summed E-state index contributed by atoms with van der Waals surface area (Å²) >= 11 is 1.80. The van der Waals surface area contributed by atoms with Crippen molar-refractivity contribution in [3.63, 3.8) is 0 Å². The molecule has 1 aromatic heterocycles. The molecule has 12 heavy (non-hydrogen) atoms. The summed E-state index contributed by atoms with van der Waals surface area (Å²) in [5.41, 5.74) is 0. The molecule has 0 saturated carbocycles. The molecule has 2 heterocycles. The van der Waals surface area contributed by atoms with E-state index in [0.717, 1.165) is 4.35 Å². The van der Waals surface area contributed by atoms with E-state index in [2.05, 4.69) is 32.1 Å². The molecule has 62 valence electrons. The Hall–Kier alpha value is -0.597. The van der Waals surface area contributed by atoms with Crippen LogP contribution < -0.4 is 0 Å². The topological polar surface area (TPSA) is 24.7 Å². The van der Waals surface area contributed by atoms with Gasteiger partial charge in [-0.15, -0.1) is 0 Å². The Bertz CT molecular complexity index is 369. The molecular weight excluding hydrogens is 257 g/mol. The Kier molecular flexibility index (Phi) is 2.59. The summed E-state index contributed by atoms with van der Waals surface area (Å²) in [4.78, 5) is 9.55. The van der Waals surface area contributed by atoms with Gasteiger partial charge in [-0.1, -0.05) is 0 Å². The van der Waals surface area contributed by atoms with Gasteiger partial charge in [0.2, 0.25) is 0 Å². The predicted molar refractivity (Wildman–Crippen MR) is 51.5 cm³/mol. The summed E-state index contributed by atoms with van der Waals surface area (Å²) in [6, 6.07) is 4.17. The van der Waals surface area contributed by atoms with Gasteiger partial charge < -0.3 is 0 Å². The van der Waals surface area contributed by atoms with E-state index in [4.69, 9.17) is 0 Å². The first kappa shape index (κ1) is 8.02. The van der Waals surface area contributed by atoms with Gasteiger partial charge in [0.15, 0.2) is 0 Å². The first-order valence-electron chi connectivity index (χ1n) is 3.36. The minimum absolute atomic E-state index is 0.0481. The Balaban J connectivity index is 2.27. The van der Waals surface area contributed by atoms with E-state index in [9.17, 15) is 0 Å². The van der Waals surface area contributed by atoms with Crippen LogP contribution in [0.2, 0.25) is 0 Å². The number of nitrogens with zero attached hydrogens (tertiary/aromatic N) is 2. The minimum atomic E-state index is 0.0481. The molecule has 1 aliphatic rings. The fraction of sp³-hybridized carbons (Fsp3) is 0. The maximum absolute atomic E-state index is 4.12. The van der Waals surface area contributed by atoms with Crippen molar-refractivity contribution >= 4 is 32.7 Å². The van der Waals surface area contributed by atoms with Crippen molar-refractivity contribution in [2.75, 3.05) is 0 Å². The third kappa shape index (κ3) is 1.96. The molecule has 2 rings (SSSR count). The van der Waals surface area contributed by atoms with Crippen LogP contribution in [0.1, 0.15) is 4.88 Å².